The van der Waals surface area contributed by atoms with E-state index in [0.717, 1.165) is 19.3 Å². The molecular formula is C15H22O2. The number of hydrogen-bond acceptors (Lipinski definition) is 2. The number of benzene rings is 1. The molecule has 0 bridgehead atoms. The van der Waals surface area contributed by atoms with Gasteiger partial charge in [-0.3, -0.25) is 0 Å². The van der Waals surface area contributed by atoms with Crippen molar-refractivity contribution in [3.05, 3.63) is 35.9 Å². The van der Waals surface area contributed by atoms with E-state index in [1.807, 2.05) is 32.0 Å². The molecule has 3 atom stereocenters. The first-order valence-corrected chi connectivity index (χ1v) is 6.38. The van der Waals surface area contributed by atoms with Gasteiger partial charge < -0.3 is 10.2 Å². The van der Waals surface area contributed by atoms with E-state index >= 15 is 0 Å². The molecule has 0 amide bonds. The van der Waals surface area contributed by atoms with E-state index < -0.39 is 11.2 Å². The van der Waals surface area contributed by atoms with Crippen LogP contribution in [0.2, 0.25) is 0 Å². The molecule has 0 radical (unpaired) electrons. The summed E-state index contributed by atoms with van der Waals surface area (Å²) in [4.78, 5) is 0. The van der Waals surface area contributed by atoms with Crippen LogP contribution in [0.1, 0.15) is 38.7 Å². The normalized spacial score (nSPS) is 38.0. The van der Waals surface area contributed by atoms with Crippen molar-refractivity contribution in [2.24, 2.45) is 5.92 Å². The average Bonchev–Trinajstić information content (AvgIpc) is 2.22. The first-order valence-electron chi connectivity index (χ1n) is 6.38. The monoisotopic (exact) mass is 234 g/mol. The van der Waals surface area contributed by atoms with E-state index in [9.17, 15) is 10.2 Å². The third kappa shape index (κ3) is 3.08. The van der Waals surface area contributed by atoms with Crippen LogP contribution in [0, 0.1) is 5.92 Å². The molecule has 1 saturated carbocycles. The molecule has 0 aromatic heterocycles. The van der Waals surface area contributed by atoms with Crippen molar-refractivity contribution in [2.75, 3.05) is 0 Å². The van der Waals surface area contributed by atoms with Gasteiger partial charge in [0.15, 0.2) is 0 Å². The van der Waals surface area contributed by atoms with E-state index in [1.165, 1.54) is 5.56 Å². The fourth-order valence-electron chi connectivity index (χ4n) is 3.02. The lowest BCUT2D eigenvalue weighted by molar-refractivity contribution is -0.115. The summed E-state index contributed by atoms with van der Waals surface area (Å²) in [7, 11) is 0. The quantitative estimate of drug-likeness (QED) is 0.825. The van der Waals surface area contributed by atoms with E-state index in [2.05, 4.69) is 12.1 Å². The maximum absolute atomic E-state index is 10.5. The lowest BCUT2D eigenvalue weighted by atomic mass is 9.68. The summed E-state index contributed by atoms with van der Waals surface area (Å²) >= 11 is 0. The Balaban J connectivity index is 2.07. The molecule has 94 valence electrons. The molecule has 1 aliphatic carbocycles. The summed E-state index contributed by atoms with van der Waals surface area (Å²) in [6, 6.07) is 10.3. The molecular weight excluding hydrogens is 212 g/mol. The van der Waals surface area contributed by atoms with Crippen LogP contribution in [0.5, 0.6) is 0 Å². The number of rotatable bonds is 2. The molecule has 0 heterocycles. The molecule has 0 unspecified atom stereocenters. The minimum atomic E-state index is -0.766. The summed E-state index contributed by atoms with van der Waals surface area (Å²) in [5.41, 5.74) is -0.215. The minimum Gasteiger partial charge on any atom is -0.390 e. The fraction of sp³-hybridized carbons (Fsp3) is 0.600. The van der Waals surface area contributed by atoms with Gasteiger partial charge in [-0.15, -0.1) is 0 Å². The van der Waals surface area contributed by atoms with E-state index in [1.54, 1.807) is 0 Å². The van der Waals surface area contributed by atoms with Crippen LogP contribution in [0.4, 0.5) is 0 Å². The van der Waals surface area contributed by atoms with Crippen LogP contribution < -0.4 is 0 Å². The van der Waals surface area contributed by atoms with Gasteiger partial charge in [0.25, 0.3) is 0 Å². The second kappa shape index (κ2) is 4.43. The summed E-state index contributed by atoms with van der Waals surface area (Å²) in [5.74, 6) is 0.241. The van der Waals surface area contributed by atoms with Crippen molar-refractivity contribution < 1.29 is 10.2 Å². The van der Waals surface area contributed by atoms with Crippen molar-refractivity contribution in [2.45, 2.75) is 50.7 Å². The molecule has 1 aromatic carbocycles. The van der Waals surface area contributed by atoms with Crippen LogP contribution in [0.3, 0.4) is 0 Å². The predicted molar refractivity (Wildman–Crippen MR) is 68.7 cm³/mol. The van der Waals surface area contributed by atoms with E-state index in [0.29, 0.717) is 6.42 Å². The molecule has 0 saturated heterocycles. The second-order valence-electron chi connectivity index (χ2n) is 5.96. The molecule has 2 N–H and O–H groups in total. The number of hydrogen-bond donors (Lipinski definition) is 2. The predicted octanol–water partition coefficient (Wildman–Crippen LogP) is 2.53. The van der Waals surface area contributed by atoms with Crippen molar-refractivity contribution in [3.63, 3.8) is 0 Å². The highest BCUT2D eigenvalue weighted by Gasteiger charge is 2.43. The zero-order valence-corrected chi connectivity index (χ0v) is 10.7. The summed E-state index contributed by atoms with van der Waals surface area (Å²) in [5, 5.41) is 20.5. The Hall–Kier alpha value is -0.860. The van der Waals surface area contributed by atoms with E-state index in [4.69, 9.17) is 0 Å². The highest BCUT2D eigenvalue weighted by Crippen LogP contribution is 2.40. The van der Waals surface area contributed by atoms with Gasteiger partial charge in [-0.05, 0) is 44.6 Å². The van der Waals surface area contributed by atoms with E-state index in [-0.39, 0.29) is 5.92 Å². The lowest BCUT2D eigenvalue weighted by Crippen LogP contribution is -2.48. The zero-order valence-electron chi connectivity index (χ0n) is 10.7. The molecule has 0 spiro atoms. The van der Waals surface area contributed by atoms with Gasteiger partial charge in [0, 0.05) is 6.42 Å². The molecule has 2 nitrogen and oxygen atoms in total. The van der Waals surface area contributed by atoms with Gasteiger partial charge in [-0.25, -0.2) is 0 Å². The lowest BCUT2D eigenvalue weighted by Gasteiger charge is -2.44. The topological polar surface area (TPSA) is 40.5 Å². The van der Waals surface area contributed by atoms with Crippen molar-refractivity contribution >= 4 is 0 Å². The molecule has 17 heavy (non-hydrogen) atoms. The molecule has 1 aromatic rings. The Kier molecular flexibility index (Phi) is 3.28. The summed E-state index contributed by atoms with van der Waals surface area (Å²) in [6.45, 7) is 3.68. The molecule has 2 rings (SSSR count). The zero-order chi connectivity index (χ0) is 12.5. The smallest absolute Gasteiger partial charge is 0.0678 e. The van der Waals surface area contributed by atoms with Crippen molar-refractivity contribution in [3.8, 4) is 0 Å². The molecule has 1 aliphatic rings. The van der Waals surface area contributed by atoms with Gasteiger partial charge >= 0.3 is 0 Å². The van der Waals surface area contributed by atoms with Crippen LogP contribution >= 0.6 is 0 Å². The minimum absolute atomic E-state index is 0.241. The van der Waals surface area contributed by atoms with Crippen molar-refractivity contribution in [1.29, 1.82) is 0 Å². The maximum Gasteiger partial charge on any atom is 0.0678 e. The van der Waals surface area contributed by atoms with Gasteiger partial charge in [-0.1, -0.05) is 30.3 Å². The van der Waals surface area contributed by atoms with Crippen LogP contribution in [-0.2, 0) is 6.42 Å². The Morgan fingerprint density at radius 2 is 1.82 bits per heavy atom. The maximum atomic E-state index is 10.5. The third-order valence-corrected chi connectivity index (χ3v) is 3.97. The Bertz CT molecular complexity index is 368. The number of aliphatic hydroxyl groups is 2. The first-order chi connectivity index (χ1) is 7.89. The van der Waals surface area contributed by atoms with Crippen LogP contribution in [0.15, 0.2) is 30.3 Å². The van der Waals surface area contributed by atoms with Gasteiger partial charge in [-0.2, -0.15) is 0 Å². The molecule has 1 fully saturated rings. The second-order valence-corrected chi connectivity index (χ2v) is 5.96. The average molecular weight is 234 g/mol. The SMILES string of the molecule is C[C@@]1(O)CC[C@H](Cc2ccccc2)[C@](C)(O)C1. The van der Waals surface area contributed by atoms with Crippen molar-refractivity contribution in [1.82, 2.24) is 0 Å². The van der Waals surface area contributed by atoms with Crippen LogP contribution in [0.25, 0.3) is 0 Å². The fourth-order valence-corrected chi connectivity index (χ4v) is 3.02. The molecule has 0 aliphatic heterocycles. The highest BCUT2D eigenvalue weighted by molar-refractivity contribution is 5.16. The standard InChI is InChI=1S/C15H22O2/c1-14(16)9-8-13(15(2,17)11-14)10-12-6-4-3-5-7-12/h3-7,13,16-17H,8-11H2,1-2H3/t13-,14-,15-/m1/s1. The summed E-state index contributed by atoms with van der Waals surface area (Å²) in [6.07, 6.45) is 3.02. The van der Waals surface area contributed by atoms with Crippen LogP contribution in [-0.4, -0.2) is 21.4 Å². The largest absolute Gasteiger partial charge is 0.390 e. The Morgan fingerprint density at radius 3 is 2.41 bits per heavy atom. The first kappa shape index (κ1) is 12.6. The Labute approximate surface area is 103 Å². The summed E-state index contributed by atoms with van der Waals surface area (Å²) < 4.78 is 0. The van der Waals surface area contributed by atoms with Gasteiger partial charge in [0.2, 0.25) is 0 Å². The van der Waals surface area contributed by atoms with Gasteiger partial charge in [0.05, 0.1) is 11.2 Å². The Morgan fingerprint density at radius 1 is 1.18 bits per heavy atom. The highest BCUT2D eigenvalue weighted by atomic mass is 16.3. The molecule has 2 heteroatoms. The third-order valence-electron chi connectivity index (χ3n) is 3.97. The van der Waals surface area contributed by atoms with Gasteiger partial charge in [0.1, 0.15) is 0 Å².